The molecule has 17 heavy (non-hydrogen) atoms. The predicted octanol–water partition coefficient (Wildman–Crippen LogP) is 2.33. The minimum Gasteiger partial charge on any atom is -0.396 e. The van der Waals surface area contributed by atoms with Gasteiger partial charge in [0.1, 0.15) is 0 Å². The highest BCUT2D eigenvalue weighted by Gasteiger charge is 2.45. The van der Waals surface area contributed by atoms with Gasteiger partial charge in [0.2, 0.25) is 0 Å². The first-order chi connectivity index (χ1) is 7.97. The third-order valence-electron chi connectivity index (χ3n) is 3.98. The van der Waals surface area contributed by atoms with Gasteiger partial charge in [-0.05, 0) is 18.8 Å². The van der Waals surface area contributed by atoms with Gasteiger partial charge in [-0.1, -0.05) is 47.0 Å². The number of hydrogen-bond donors (Lipinski definition) is 3. The second-order valence-electron chi connectivity index (χ2n) is 5.39. The Bertz CT molecular complexity index is 194. The molecule has 3 N–H and O–H groups in total. The summed E-state index contributed by atoms with van der Waals surface area (Å²) in [7, 11) is 0. The van der Waals surface area contributed by atoms with Crippen LogP contribution < -0.4 is 0 Å². The molecule has 0 radical (unpaired) electrons. The van der Waals surface area contributed by atoms with Crippen LogP contribution in [0.4, 0.5) is 0 Å². The molecule has 0 fully saturated rings. The molecule has 0 spiro atoms. The Morgan fingerprint density at radius 3 is 1.82 bits per heavy atom. The van der Waals surface area contributed by atoms with Crippen molar-refractivity contribution in [3.8, 4) is 0 Å². The van der Waals surface area contributed by atoms with Crippen LogP contribution in [0.25, 0.3) is 0 Å². The van der Waals surface area contributed by atoms with Crippen LogP contribution in [0.15, 0.2) is 0 Å². The number of rotatable bonds is 9. The highest BCUT2D eigenvalue weighted by molar-refractivity contribution is 4.94. The molecule has 0 heterocycles. The summed E-state index contributed by atoms with van der Waals surface area (Å²) in [6.45, 7) is 7.85. The van der Waals surface area contributed by atoms with Gasteiger partial charge in [-0.25, -0.2) is 0 Å². The summed E-state index contributed by atoms with van der Waals surface area (Å²) >= 11 is 0. The maximum Gasteiger partial charge on any atom is 0.0645 e. The molecule has 0 saturated heterocycles. The quantitative estimate of drug-likeness (QED) is 0.585. The van der Waals surface area contributed by atoms with E-state index in [9.17, 15) is 15.3 Å². The lowest BCUT2D eigenvalue weighted by Gasteiger charge is -2.44. The molecule has 3 nitrogen and oxygen atoms in total. The van der Waals surface area contributed by atoms with Crippen LogP contribution in [0.2, 0.25) is 0 Å². The standard InChI is InChI=1S/C14H30O3/c1-5-7-9-13(17)14(10-15,11(3)4)12(16)8-6-2/h11-13,15-17H,5-10H2,1-4H3. The number of aliphatic hydroxyl groups excluding tert-OH is 3. The van der Waals surface area contributed by atoms with Crippen molar-refractivity contribution in [1.29, 1.82) is 0 Å². The summed E-state index contributed by atoms with van der Waals surface area (Å²) in [6.07, 6.45) is 2.81. The second kappa shape index (κ2) is 8.06. The van der Waals surface area contributed by atoms with E-state index in [-0.39, 0.29) is 12.5 Å². The Morgan fingerprint density at radius 2 is 1.47 bits per heavy atom. The molecule has 0 amide bonds. The molecule has 0 aromatic carbocycles. The molecule has 3 heteroatoms. The van der Waals surface area contributed by atoms with Gasteiger partial charge in [0.25, 0.3) is 0 Å². The fourth-order valence-electron chi connectivity index (χ4n) is 2.59. The summed E-state index contributed by atoms with van der Waals surface area (Å²) in [4.78, 5) is 0. The zero-order valence-corrected chi connectivity index (χ0v) is 11.8. The largest absolute Gasteiger partial charge is 0.396 e. The molecule has 0 aliphatic rings. The van der Waals surface area contributed by atoms with Crippen LogP contribution in [-0.2, 0) is 0 Å². The summed E-state index contributed by atoms with van der Waals surface area (Å²) in [5.41, 5.74) is -0.773. The van der Waals surface area contributed by atoms with Crippen molar-refractivity contribution in [2.45, 2.75) is 72.0 Å². The minimum atomic E-state index is -0.773. The molecule has 0 bridgehead atoms. The number of aliphatic hydroxyl groups is 3. The lowest BCUT2D eigenvalue weighted by atomic mass is 9.67. The highest BCUT2D eigenvalue weighted by atomic mass is 16.3. The summed E-state index contributed by atoms with van der Waals surface area (Å²) in [6, 6.07) is 0. The van der Waals surface area contributed by atoms with Crippen molar-refractivity contribution in [2.24, 2.45) is 11.3 Å². The van der Waals surface area contributed by atoms with Crippen molar-refractivity contribution in [1.82, 2.24) is 0 Å². The van der Waals surface area contributed by atoms with Gasteiger partial charge in [0.05, 0.1) is 18.8 Å². The Kier molecular flexibility index (Phi) is 8.01. The van der Waals surface area contributed by atoms with Gasteiger partial charge in [-0.3, -0.25) is 0 Å². The molecule has 3 atom stereocenters. The maximum atomic E-state index is 10.3. The van der Waals surface area contributed by atoms with Crippen LogP contribution in [0.3, 0.4) is 0 Å². The predicted molar refractivity (Wildman–Crippen MR) is 70.8 cm³/mol. The maximum absolute atomic E-state index is 10.3. The summed E-state index contributed by atoms with van der Waals surface area (Å²) in [5.74, 6) is 0.0564. The van der Waals surface area contributed by atoms with Crippen LogP contribution >= 0.6 is 0 Å². The monoisotopic (exact) mass is 246 g/mol. The normalized spacial score (nSPS) is 19.1. The van der Waals surface area contributed by atoms with Crippen molar-refractivity contribution >= 4 is 0 Å². The van der Waals surface area contributed by atoms with Gasteiger partial charge >= 0.3 is 0 Å². The van der Waals surface area contributed by atoms with E-state index in [0.717, 1.165) is 19.3 Å². The van der Waals surface area contributed by atoms with Crippen LogP contribution in [-0.4, -0.2) is 34.1 Å². The van der Waals surface area contributed by atoms with Gasteiger partial charge in [-0.2, -0.15) is 0 Å². The SMILES string of the molecule is CCCCC(O)C(CO)(C(C)C)C(O)CCC. The third kappa shape index (κ3) is 3.94. The average molecular weight is 246 g/mol. The van der Waals surface area contributed by atoms with E-state index >= 15 is 0 Å². The van der Waals surface area contributed by atoms with Crippen molar-refractivity contribution in [3.05, 3.63) is 0 Å². The molecular formula is C14H30O3. The fraction of sp³-hybridized carbons (Fsp3) is 1.00. The molecule has 0 aliphatic carbocycles. The number of hydrogen-bond acceptors (Lipinski definition) is 3. The minimum absolute atomic E-state index is 0.0564. The van der Waals surface area contributed by atoms with Gasteiger partial charge in [-0.15, -0.1) is 0 Å². The van der Waals surface area contributed by atoms with E-state index in [2.05, 4.69) is 6.92 Å². The highest BCUT2D eigenvalue weighted by Crippen LogP contribution is 2.39. The fourth-order valence-corrected chi connectivity index (χ4v) is 2.59. The molecular weight excluding hydrogens is 216 g/mol. The van der Waals surface area contributed by atoms with Crippen molar-refractivity contribution in [3.63, 3.8) is 0 Å². The van der Waals surface area contributed by atoms with Gasteiger partial charge < -0.3 is 15.3 Å². The summed E-state index contributed by atoms with van der Waals surface area (Å²) < 4.78 is 0. The van der Waals surface area contributed by atoms with E-state index in [1.54, 1.807) is 0 Å². The van der Waals surface area contributed by atoms with Gasteiger partial charge in [0.15, 0.2) is 0 Å². The number of unbranched alkanes of at least 4 members (excludes halogenated alkanes) is 1. The van der Waals surface area contributed by atoms with Crippen molar-refractivity contribution < 1.29 is 15.3 Å². The lowest BCUT2D eigenvalue weighted by Crippen LogP contribution is -2.52. The first kappa shape index (κ1) is 16.9. The topological polar surface area (TPSA) is 60.7 Å². The molecule has 0 saturated carbocycles. The Hall–Kier alpha value is -0.120. The van der Waals surface area contributed by atoms with E-state index < -0.39 is 17.6 Å². The van der Waals surface area contributed by atoms with E-state index in [1.807, 2.05) is 20.8 Å². The first-order valence-corrected chi connectivity index (χ1v) is 6.94. The molecule has 104 valence electrons. The molecule has 0 aliphatic heterocycles. The van der Waals surface area contributed by atoms with E-state index in [4.69, 9.17) is 0 Å². The van der Waals surface area contributed by atoms with Crippen LogP contribution in [0, 0.1) is 11.3 Å². The zero-order chi connectivity index (χ0) is 13.5. The van der Waals surface area contributed by atoms with E-state index in [0.29, 0.717) is 12.8 Å². The second-order valence-corrected chi connectivity index (χ2v) is 5.39. The first-order valence-electron chi connectivity index (χ1n) is 6.94. The smallest absolute Gasteiger partial charge is 0.0645 e. The Labute approximate surface area is 106 Å². The van der Waals surface area contributed by atoms with Crippen molar-refractivity contribution in [2.75, 3.05) is 6.61 Å². The van der Waals surface area contributed by atoms with E-state index in [1.165, 1.54) is 0 Å². The van der Waals surface area contributed by atoms with Crippen LogP contribution in [0.1, 0.15) is 59.8 Å². The Morgan fingerprint density at radius 1 is 0.941 bits per heavy atom. The molecule has 3 unspecified atom stereocenters. The summed E-state index contributed by atoms with van der Waals surface area (Å²) in [5, 5.41) is 30.3. The zero-order valence-electron chi connectivity index (χ0n) is 11.8. The third-order valence-corrected chi connectivity index (χ3v) is 3.98. The molecule has 0 rings (SSSR count). The molecule has 0 aromatic rings. The Balaban J connectivity index is 4.92. The lowest BCUT2D eigenvalue weighted by molar-refractivity contribution is -0.131. The van der Waals surface area contributed by atoms with Crippen LogP contribution in [0.5, 0.6) is 0 Å². The molecule has 0 aromatic heterocycles. The average Bonchev–Trinajstić information content (AvgIpc) is 2.27. The van der Waals surface area contributed by atoms with Gasteiger partial charge in [0, 0.05) is 5.41 Å².